The Morgan fingerprint density at radius 1 is 1.12 bits per heavy atom. The molecule has 0 aromatic rings. The second kappa shape index (κ2) is 5.00. The Labute approximate surface area is 101 Å². The number of aliphatic hydroxyl groups excluding tert-OH is 1. The number of rotatable bonds is 3. The number of ketones is 1. The van der Waals surface area contributed by atoms with Crippen LogP contribution in [0, 0.1) is 11.8 Å². The van der Waals surface area contributed by atoms with Crippen molar-refractivity contribution in [3.63, 3.8) is 0 Å². The molecule has 0 aromatic carbocycles. The Morgan fingerprint density at radius 2 is 1.82 bits per heavy atom. The lowest BCUT2D eigenvalue weighted by Crippen LogP contribution is -2.23. The molecule has 2 rings (SSSR count). The smallest absolute Gasteiger partial charge is 0.331 e. The molecule has 2 aliphatic rings. The Bertz CT molecular complexity index is 347. The summed E-state index contributed by atoms with van der Waals surface area (Å²) in [7, 11) is 0. The summed E-state index contributed by atoms with van der Waals surface area (Å²) in [4.78, 5) is 22.1. The maximum atomic E-state index is 11.4. The predicted molar refractivity (Wildman–Crippen MR) is 61.2 cm³/mol. The molecule has 0 unspecified atom stereocenters. The molecule has 94 valence electrons. The highest BCUT2D eigenvalue weighted by Gasteiger charge is 2.45. The maximum absolute atomic E-state index is 11.4. The van der Waals surface area contributed by atoms with Gasteiger partial charge in [-0.05, 0) is 44.6 Å². The van der Waals surface area contributed by atoms with Gasteiger partial charge in [-0.25, -0.2) is 4.79 Å². The fourth-order valence-electron chi connectivity index (χ4n) is 3.04. The van der Waals surface area contributed by atoms with Crippen LogP contribution in [0.1, 0.15) is 32.6 Å². The van der Waals surface area contributed by atoms with Crippen molar-refractivity contribution < 1.29 is 19.4 Å². The Hall–Kier alpha value is -1.16. The second-order valence-corrected chi connectivity index (χ2v) is 4.97. The SMILES string of the molecule is CC(=O)/C=C/C(=O)O[C@H]1CC[C@H]2[C@@H]1CC[C@H]2O. The van der Waals surface area contributed by atoms with Gasteiger partial charge >= 0.3 is 5.97 Å². The summed E-state index contributed by atoms with van der Waals surface area (Å²) >= 11 is 0. The summed E-state index contributed by atoms with van der Waals surface area (Å²) in [5, 5.41) is 9.73. The topological polar surface area (TPSA) is 63.6 Å². The fourth-order valence-corrected chi connectivity index (χ4v) is 3.04. The van der Waals surface area contributed by atoms with E-state index in [4.69, 9.17) is 4.74 Å². The van der Waals surface area contributed by atoms with Crippen LogP contribution in [0.25, 0.3) is 0 Å². The zero-order valence-corrected chi connectivity index (χ0v) is 9.96. The third kappa shape index (κ3) is 2.75. The van der Waals surface area contributed by atoms with Crippen molar-refractivity contribution in [2.24, 2.45) is 11.8 Å². The molecule has 4 nitrogen and oxygen atoms in total. The minimum absolute atomic E-state index is 0.0822. The van der Waals surface area contributed by atoms with Gasteiger partial charge in [-0.15, -0.1) is 0 Å². The molecule has 0 radical (unpaired) electrons. The lowest BCUT2D eigenvalue weighted by atomic mass is 9.98. The zero-order valence-electron chi connectivity index (χ0n) is 9.96. The first-order valence-electron chi connectivity index (χ1n) is 6.15. The summed E-state index contributed by atoms with van der Waals surface area (Å²) in [6.45, 7) is 1.39. The Balaban J connectivity index is 1.88. The van der Waals surface area contributed by atoms with Gasteiger partial charge in [-0.3, -0.25) is 4.79 Å². The van der Waals surface area contributed by atoms with Crippen molar-refractivity contribution in [3.8, 4) is 0 Å². The summed E-state index contributed by atoms with van der Waals surface area (Å²) < 4.78 is 5.33. The zero-order chi connectivity index (χ0) is 12.4. The quantitative estimate of drug-likeness (QED) is 0.593. The van der Waals surface area contributed by atoms with E-state index in [0.29, 0.717) is 11.8 Å². The average molecular weight is 238 g/mol. The van der Waals surface area contributed by atoms with Crippen molar-refractivity contribution in [3.05, 3.63) is 12.2 Å². The molecule has 1 N–H and O–H groups in total. The van der Waals surface area contributed by atoms with Crippen molar-refractivity contribution in [2.45, 2.75) is 44.8 Å². The molecule has 0 bridgehead atoms. The Kier molecular flexibility index (Phi) is 3.62. The summed E-state index contributed by atoms with van der Waals surface area (Å²) in [6.07, 6.45) is 5.59. The number of ether oxygens (including phenoxy) is 1. The van der Waals surface area contributed by atoms with Crippen molar-refractivity contribution in [2.75, 3.05) is 0 Å². The van der Waals surface area contributed by atoms with Gasteiger partial charge < -0.3 is 9.84 Å². The van der Waals surface area contributed by atoms with Gasteiger partial charge in [0, 0.05) is 12.0 Å². The number of esters is 1. The van der Waals surface area contributed by atoms with Crippen LogP contribution >= 0.6 is 0 Å². The monoisotopic (exact) mass is 238 g/mol. The van der Waals surface area contributed by atoms with Crippen LogP contribution in [0.2, 0.25) is 0 Å². The molecule has 0 aromatic heterocycles. The van der Waals surface area contributed by atoms with E-state index < -0.39 is 5.97 Å². The second-order valence-electron chi connectivity index (χ2n) is 4.97. The third-order valence-corrected chi connectivity index (χ3v) is 3.82. The minimum atomic E-state index is -0.452. The molecule has 2 saturated carbocycles. The van der Waals surface area contributed by atoms with Crippen LogP contribution < -0.4 is 0 Å². The molecule has 0 saturated heterocycles. The first kappa shape index (κ1) is 12.3. The van der Waals surface area contributed by atoms with E-state index in [1.165, 1.54) is 19.1 Å². The molecule has 17 heavy (non-hydrogen) atoms. The van der Waals surface area contributed by atoms with Crippen LogP contribution in [0.3, 0.4) is 0 Å². The molecular formula is C13H18O4. The first-order chi connectivity index (χ1) is 8.08. The highest BCUT2D eigenvalue weighted by molar-refractivity contribution is 5.94. The minimum Gasteiger partial charge on any atom is -0.459 e. The molecule has 2 aliphatic carbocycles. The normalized spacial score (nSPS) is 36.1. The molecule has 2 fully saturated rings. The average Bonchev–Trinajstić information content (AvgIpc) is 2.81. The van der Waals surface area contributed by atoms with E-state index in [1.54, 1.807) is 0 Å². The predicted octanol–water partition coefficient (Wildman–Crippen LogP) is 1.22. The number of carbonyl (C=O) groups is 2. The van der Waals surface area contributed by atoms with E-state index in [9.17, 15) is 14.7 Å². The standard InChI is InChI=1S/C13H18O4/c1-8(14)2-7-13(16)17-12-6-4-9-10(12)3-5-11(9)15/h2,7,9-12,15H,3-6H2,1H3/b7-2+/t9-,10-,11+,12-/m0/s1. The van der Waals surface area contributed by atoms with E-state index in [1.807, 2.05) is 0 Å². The lowest BCUT2D eigenvalue weighted by molar-refractivity contribution is -0.145. The van der Waals surface area contributed by atoms with Crippen LogP contribution in [0.5, 0.6) is 0 Å². The lowest BCUT2D eigenvalue weighted by Gasteiger charge is -2.18. The Morgan fingerprint density at radius 3 is 2.53 bits per heavy atom. The van der Waals surface area contributed by atoms with E-state index >= 15 is 0 Å². The first-order valence-corrected chi connectivity index (χ1v) is 6.15. The van der Waals surface area contributed by atoms with Crippen molar-refractivity contribution in [1.29, 1.82) is 0 Å². The van der Waals surface area contributed by atoms with Gasteiger partial charge in [0.05, 0.1) is 6.10 Å². The number of hydrogen-bond donors (Lipinski definition) is 1. The molecular weight excluding hydrogens is 220 g/mol. The summed E-state index contributed by atoms with van der Waals surface area (Å²) in [6, 6.07) is 0. The highest BCUT2D eigenvalue weighted by Crippen LogP contribution is 2.45. The highest BCUT2D eigenvalue weighted by atomic mass is 16.5. The number of aliphatic hydroxyl groups is 1. The van der Waals surface area contributed by atoms with Gasteiger partial charge in [0.25, 0.3) is 0 Å². The molecule has 0 spiro atoms. The molecule has 4 heteroatoms. The van der Waals surface area contributed by atoms with Gasteiger partial charge in [-0.1, -0.05) is 0 Å². The third-order valence-electron chi connectivity index (χ3n) is 3.82. The maximum Gasteiger partial charge on any atom is 0.331 e. The fraction of sp³-hybridized carbons (Fsp3) is 0.692. The van der Waals surface area contributed by atoms with Crippen molar-refractivity contribution >= 4 is 11.8 Å². The summed E-state index contributed by atoms with van der Waals surface area (Å²) in [5.41, 5.74) is 0. The van der Waals surface area contributed by atoms with Crippen LogP contribution in [-0.2, 0) is 14.3 Å². The molecule has 4 atom stereocenters. The van der Waals surface area contributed by atoms with Gasteiger partial charge in [-0.2, -0.15) is 0 Å². The van der Waals surface area contributed by atoms with Crippen LogP contribution in [0.4, 0.5) is 0 Å². The number of allylic oxidation sites excluding steroid dienone is 1. The molecule has 0 amide bonds. The van der Waals surface area contributed by atoms with E-state index in [0.717, 1.165) is 25.7 Å². The van der Waals surface area contributed by atoms with Crippen molar-refractivity contribution in [1.82, 2.24) is 0 Å². The number of hydrogen-bond acceptors (Lipinski definition) is 4. The number of fused-ring (bicyclic) bond motifs is 1. The number of carbonyl (C=O) groups excluding carboxylic acids is 2. The summed E-state index contributed by atoms with van der Waals surface area (Å²) in [5.74, 6) is -0.0148. The van der Waals surface area contributed by atoms with Crippen LogP contribution in [0.15, 0.2) is 12.2 Å². The molecule has 0 aliphatic heterocycles. The van der Waals surface area contributed by atoms with Crippen LogP contribution in [-0.4, -0.2) is 29.1 Å². The van der Waals surface area contributed by atoms with E-state index in [-0.39, 0.29) is 18.0 Å². The molecule has 0 heterocycles. The van der Waals surface area contributed by atoms with E-state index in [2.05, 4.69) is 0 Å². The van der Waals surface area contributed by atoms with Gasteiger partial charge in [0.1, 0.15) is 6.10 Å². The largest absolute Gasteiger partial charge is 0.459 e. The van der Waals surface area contributed by atoms with Gasteiger partial charge in [0.15, 0.2) is 5.78 Å². The van der Waals surface area contributed by atoms with Gasteiger partial charge in [0.2, 0.25) is 0 Å².